The number of rotatable bonds is 58. The number of ether oxygens (including phenoxy) is 2. The van der Waals surface area contributed by atoms with Gasteiger partial charge in [0, 0.05) is 12.8 Å². The lowest BCUT2D eigenvalue weighted by Gasteiger charge is -2.28. The predicted octanol–water partition coefficient (Wildman–Crippen LogP) is 20.4. The molecule has 2 unspecified atom stereocenters. The summed E-state index contributed by atoms with van der Waals surface area (Å²) in [4.78, 5) is 38.0. The Labute approximate surface area is 503 Å². The molecule has 0 heterocycles. The molecule has 0 bridgehead atoms. The molecule has 82 heavy (non-hydrogen) atoms. The summed E-state index contributed by atoms with van der Waals surface area (Å²) in [7, 11) is 1.13. The van der Waals surface area contributed by atoms with Crippen molar-refractivity contribution in [2.75, 3.05) is 47.5 Å². The second-order valence-corrected chi connectivity index (χ2v) is 23.8. The van der Waals surface area contributed by atoms with Crippen molar-refractivity contribution in [3.8, 4) is 0 Å². The molecule has 0 aliphatic carbocycles. The van der Waals surface area contributed by atoms with Crippen molar-refractivity contribution in [3.05, 3.63) is 146 Å². The number of allylic oxidation sites excluding steroid dienone is 24. The van der Waals surface area contributed by atoms with E-state index in [0.717, 1.165) is 128 Å². The lowest BCUT2D eigenvalue weighted by Crippen LogP contribution is -2.37. The molecule has 2 atom stereocenters. The molecule has 0 aromatic rings. The van der Waals surface area contributed by atoms with Crippen molar-refractivity contribution in [2.24, 2.45) is 0 Å². The lowest BCUT2D eigenvalue weighted by atomic mass is 10.1. The minimum atomic E-state index is -4.66. The molecule has 0 aliphatic heterocycles. The molecule has 0 aromatic heterocycles. The van der Waals surface area contributed by atoms with Crippen LogP contribution in [0, 0.1) is 0 Å². The van der Waals surface area contributed by atoms with Gasteiger partial charge in [-0.3, -0.25) is 14.2 Å². The van der Waals surface area contributed by atoms with Crippen LogP contribution in [0.5, 0.6) is 0 Å². The Kier molecular flexibility index (Phi) is 58.4. The molecule has 0 saturated heterocycles. The number of hydrogen-bond acceptors (Lipinski definition) is 8. The summed E-state index contributed by atoms with van der Waals surface area (Å²) < 4.78 is 34.2. The zero-order chi connectivity index (χ0) is 59.8. The number of carbonyl (C=O) groups is 2. The molecule has 0 N–H and O–H groups in total. The second kappa shape index (κ2) is 61.5. The molecule has 0 spiro atoms. The summed E-state index contributed by atoms with van der Waals surface area (Å²) in [5.74, 6) is -0.868. The third-order valence-corrected chi connectivity index (χ3v) is 14.3. The number of phosphoric ester groups is 1. The predicted molar refractivity (Wildman–Crippen MR) is 350 cm³/mol. The van der Waals surface area contributed by atoms with Gasteiger partial charge in [-0.25, -0.2) is 0 Å². The standard InChI is InChI=1S/C72H120NO8P/c1-6-8-10-12-14-16-18-20-22-24-26-28-30-32-33-34-35-36-37-38-39-41-43-45-47-49-51-53-55-57-59-61-63-65-72(75)81-70(69-80-82(76,77)79-67-66-73(3,4)5)68-78-71(74)64-62-60-58-56-54-52-50-48-46-44-42-40-31-29-27-25-23-21-19-17-15-13-11-9-7-2/h8,10,14,16,19-22,25-28,31-33,35-36,38-40,43,45,49,51,70H,6-7,9,11-13,15,17-18,23-24,29-30,34,37,41-42,44,46-48,50,52-69H2,1-5H3/b10-8-,16-14-,21-19-,22-20-,27-25-,28-26-,33-32-,36-35-,39-38-,40-31-,45-43-,51-49-. The number of likely N-dealkylation sites (N-methyl/N-ethyl adjacent to an activating group) is 1. The molecule has 0 aromatic carbocycles. The first kappa shape index (κ1) is 77.9. The van der Waals surface area contributed by atoms with Gasteiger partial charge in [-0.05, 0) is 122 Å². The highest BCUT2D eigenvalue weighted by Gasteiger charge is 2.22. The lowest BCUT2D eigenvalue weighted by molar-refractivity contribution is -0.870. The molecule has 466 valence electrons. The number of carbonyl (C=O) groups excluding carboxylic acids is 2. The van der Waals surface area contributed by atoms with E-state index in [1.54, 1.807) is 0 Å². The van der Waals surface area contributed by atoms with Gasteiger partial charge in [0.1, 0.15) is 19.8 Å². The molecule has 0 amide bonds. The molecule has 0 fully saturated rings. The highest BCUT2D eigenvalue weighted by atomic mass is 31.2. The van der Waals surface area contributed by atoms with Crippen molar-refractivity contribution in [1.82, 2.24) is 0 Å². The third-order valence-electron chi connectivity index (χ3n) is 13.3. The highest BCUT2D eigenvalue weighted by molar-refractivity contribution is 7.45. The molecule has 0 radical (unpaired) electrons. The van der Waals surface area contributed by atoms with Crippen LogP contribution in [-0.4, -0.2) is 70.0 Å². The van der Waals surface area contributed by atoms with Gasteiger partial charge >= 0.3 is 11.9 Å². The fraction of sp³-hybridized carbons (Fsp3) is 0.639. The van der Waals surface area contributed by atoms with E-state index >= 15 is 0 Å². The van der Waals surface area contributed by atoms with Crippen LogP contribution in [0.3, 0.4) is 0 Å². The third kappa shape index (κ3) is 65.0. The van der Waals surface area contributed by atoms with Gasteiger partial charge in [0.2, 0.25) is 0 Å². The minimum Gasteiger partial charge on any atom is -0.756 e. The van der Waals surface area contributed by atoms with Crippen molar-refractivity contribution >= 4 is 19.8 Å². The molecule has 9 nitrogen and oxygen atoms in total. The van der Waals surface area contributed by atoms with Crippen LogP contribution in [0.2, 0.25) is 0 Å². The number of quaternary nitrogens is 1. The Morgan fingerprint density at radius 1 is 0.390 bits per heavy atom. The van der Waals surface area contributed by atoms with Crippen LogP contribution in [0.4, 0.5) is 0 Å². The maximum atomic E-state index is 12.8. The van der Waals surface area contributed by atoms with Crippen molar-refractivity contribution in [1.29, 1.82) is 0 Å². The first-order chi connectivity index (χ1) is 40.0. The summed E-state index contributed by atoms with van der Waals surface area (Å²) in [5.41, 5.74) is 0. The second-order valence-electron chi connectivity index (χ2n) is 22.4. The molecule has 10 heteroatoms. The number of hydrogen-bond donors (Lipinski definition) is 0. The molecule has 0 rings (SSSR count). The van der Waals surface area contributed by atoms with E-state index in [0.29, 0.717) is 23.9 Å². The van der Waals surface area contributed by atoms with Crippen LogP contribution in [0.1, 0.15) is 245 Å². The van der Waals surface area contributed by atoms with Crippen LogP contribution < -0.4 is 4.89 Å². The number of unbranched alkanes of at least 4 members (excludes halogenated alkanes) is 20. The summed E-state index contributed by atoms with van der Waals surface area (Å²) in [6, 6.07) is 0. The van der Waals surface area contributed by atoms with Crippen molar-refractivity contribution in [3.63, 3.8) is 0 Å². The molecule has 0 aliphatic rings. The van der Waals surface area contributed by atoms with Gasteiger partial charge in [0.25, 0.3) is 7.82 Å². The van der Waals surface area contributed by atoms with Gasteiger partial charge in [-0.1, -0.05) is 256 Å². The monoisotopic (exact) mass is 1160 g/mol. The topological polar surface area (TPSA) is 111 Å². The Balaban J connectivity index is 4.22. The minimum absolute atomic E-state index is 0.0437. The fourth-order valence-corrected chi connectivity index (χ4v) is 9.09. The van der Waals surface area contributed by atoms with E-state index < -0.39 is 32.5 Å². The molecular formula is C72H120NO8P. The fourth-order valence-electron chi connectivity index (χ4n) is 8.36. The van der Waals surface area contributed by atoms with Gasteiger partial charge in [-0.15, -0.1) is 0 Å². The summed E-state index contributed by atoms with van der Waals surface area (Å²) in [6.07, 6.45) is 90.4. The van der Waals surface area contributed by atoms with Gasteiger partial charge in [-0.2, -0.15) is 0 Å². The van der Waals surface area contributed by atoms with Gasteiger partial charge < -0.3 is 27.9 Å². The zero-order valence-corrected chi connectivity index (χ0v) is 53.8. The smallest absolute Gasteiger partial charge is 0.306 e. The Hall–Kier alpha value is -4.11. The van der Waals surface area contributed by atoms with E-state index in [4.69, 9.17) is 18.5 Å². The highest BCUT2D eigenvalue weighted by Crippen LogP contribution is 2.38. The van der Waals surface area contributed by atoms with E-state index in [1.165, 1.54) is 77.0 Å². The van der Waals surface area contributed by atoms with Crippen LogP contribution >= 0.6 is 7.82 Å². The first-order valence-electron chi connectivity index (χ1n) is 32.5. The number of phosphoric acid groups is 1. The van der Waals surface area contributed by atoms with Crippen molar-refractivity contribution in [2.45, 2.75) is 251 Å². The molecular weight excluding hydrogens is 1040 g/mol. The SMILES string of the molecule is CC/C=C\C/C=C\C/C=C\C/C=C\C/C=C\C/C=C\C/C=C\C/C=C\C/C=C\CCCCCCCC(=O)OC(COC(=O)CCCCCCCCCCCC/C=C\C/C=C\C/C=C\CCCCCCC)COP(=O)([O-])OCC[N+](C)(C)C. The van der Waals surface area contributed by atoms with Gasteiger partial charge in [0.15, 0.2) is 6.10 Å². The first-order valence-corrected chi connectivity index (χ1v) is 34.0. The maximum Gasteiger partial charge on any atom is 0.306 e. The van der Waals surface area contributed by atoms with Crippen LogP contribution in [0.15, 0.2) is 146 Å². The zero-order valence-electron chi connectivity index (χ0n) is 52.9. The normalized spacial score (nSPS) is 14.2. The van der Waals surface area contributed by atoms with E-state index in [1.807, 2.05) is 21.1 Å². The Bertz CT molecular complexity index is 1890. The average molecular weight is 1160 g/mol. The number of nitrogens with zero attached hydrogens (tertiary/aromatic N) is 1. The Morgan fingerprint density at radius 2 is 0.695 bits per heavy atom. The average Bonchev–Trinajstić information content (AvgIpc) is 3.46. The maximum absolute atomic E-state index is 12.8. The Morgan fingerprint density at radius 3 is 1.04 bits per heavy atom. The largest absolute Gasteiger partial charge is 0.756 e. The van der Waals surface area contributed by atoms with E-state index in [9.17, 15) is 19.0 Å². The summed E-state index contributed by atoms with van der Waals surface area (Å²) in [5, 5.41) is 0. The van der Waals surface area contributed by atoms with Crippen molar-refractivity contribution < 1.29 is 42.1 Å². The van der Waals surface area contributed by atoms with E-state index in [2.05, 4.69) is 160 Å². The van der Waals surface area contributed by atoms with E-state index in [-0.39, 0.29) is 26.1 Å². The van der Waals surface area contributed by atoms with Gasteiger partial charge in [0.05, 0.1) is 27.7 Å². The summed E-state index contributed by atoms with van der Waals surface area (Å²) >= 11 is 0. The summed E-state index contributed by atoms with van der Waals surface area (Å²) in [6.45, 7) is 4.08. The van der Waals surface area contributed by atoms with Crippen LogP contribution in [0.25, 0.3) is 0 Å². The molecule has 0 saturated carbocycles. The quantitative estimate of drug-likeness (QED) is 0.0195. The van der Waals surface area contributed by atoms with Crippen LogP contribution in [-0.2, 0) is 32.7 Å². The number of esters is 2.